The van der Waals surface area contributed by atoms with E-state index in [1.165, 1.54) is 12.1 Å². The highest BCUT2D eigenvalue weighted by molar-refractivity contribution is 5.95. The molecule has 2 unspecified atom stereocenters. The molecule has 0 aromatic heterocycles. The number of methoxy groups -OCH3 is 1. The van der Waals surface area contributed by atoms with Crippen LogP contribution >= 0.6 is 0 Å². The molecule has 0 radical (unpaired) electrons. The lowest BCUT2D eigenvalue weighted by molar-refractivity contribution is -0.117. The summed E-state index contributed by atoms with van der Waals surface area (Å²) in [6, 6.07) is 13.2. The number of halogens is 1. The number of hydrogen-bond acceptors (Lipinski definition) is 4. The second-order valence-electron chi connectivity index (χ2n) is 5.41. The van der Waals surface area contributed by atoms with Gasteiger partial charge < -0.3 is 10.1 Å². The minimum Gasteiger partial charge on any atom is -0.497 e. The zero-order valence-electron chi connectivity index (χ0n) is 12.7. The molecule has 6 heteroatoms. The van der Waals surface area contributed by atoms with Gasteiger partial charge in [0.2, 0.25) is 5.91 Å². The number of ether oxygens (including phenoxy) is 1. The van der Waals surface area contributed by atoms with Crippen LogP contribution in [0.1, 0.15) is 18.0 Å². The van der Waals surface area contributed by atoms with E-state index in [1.54, 1.807) is 19.2 Å². The summed E-state index contributed by atoms with van der Waals surface area (Å²) in [6.07, 6.45) is 0.592. The van der Waals surface area contributed by atoms with E-state index >= 15 is 0 Å². The molecule has 2 aromatic rings. The zero-order valence-corrected chi connectivity index (χ0v) is 12.7. The van der Waals surface area contributed by atoms with Crippen LogP contribution in [0.3, 0.4) is 0 Å². The van der Waals surface area contributed by atoms with E-state index in [4.69, 9.17) is 4.74 Å². The average molecular weight is 315 g/mol. The summed E-state index contributed by atoms with van der Waals surface area (Å²) in [7, 11) is 1.62. The fourth-order valence-electron chi connectivity index (χ4n) is 2.60. The Morgan fingerprint density at radius 1 is 1.22 bits per heavy atom. The molecule has 1 saturated heterocycles. The van der Waals surface area contributed by atoms with Crippen molar-refractivity contribution >= 4 is 11.6 Å². The lowest BCUT2D eigenvalue weighted by atomic mass is 10.0. The topological polar surface area (TPSA) is 62.4 Å². The highest BCUT2D eigenvalue weighted by Gasteiger charge is 2.30. The molecule has 0 saturated carbocycles. The van der Waals surface area contributed by atoms with Gasteiger partial charge in [-0.1, -0.05) is 18.2 Å². The number of rotatable bonds is 4. The van der Waals surface area contributed by atoms with E-state index in [9.17, 15) is 9.18 Å². The quantitative estimate of drug-likeness (QED) is 0.811. The number of hydrazine groups is 1. The first kappa shape index (κ1) is 15.5. The number of carbonyl (C=O) groups excluding carboxylic acids is 1. The molecular formula is C17H18FN3O2. The van der Waals surface area contributed by atoms with Crippen molar-refractivity contribution in [2.24, 2.45) is 0 Å². The molecule has 1 amide bonds. The normalized spacial score (nSPS) is 20.3. The molecule has 0 aliphatic carbocycles. The molecule has 2 atom stereocenters. The highest BCUT2D eigenvalue weighted by Crippen LogP contribution is 2.25. The smallest absolute Gasteiger partial charge is 0.242 e. The first-order valence-electron chi connectivity index (χ1n) is 7.37. The van der Waals surface area contributed by atoms with Crippen LogP contribution in [0.2, 0.25) is 0 Å². The first-order valence-corrected chi connectivity index (χ1v) is 7.37. The van der Waals surface area contributed by atoms with Gasteiger partial charge in [-0.15, -0.1) is 0 Å². The molecule has 23 heavy (non-hydrogen) atoms. The Morgan fingerprint density at radius 3 is 2.83 bits per heavy atom. The minimum atomic E-state index is -0.394. The Labute approximate surface area is 133 Å². The van der Waals surface area contributed by atoms with E-state index in [2.05, 4.69) is 16.2 Å². The van der Waals surface area contributed by atoms with Crippen molar-refractivity contribution in [2.45, 2.75) is 18.5 Å². The maximum absolute atomic E-state index is 13.2. The Bertz CT molecular complexity index is 708. The molecule has 1 heterocycles. The van der Waals surface area contributed by atoms with Crippen molar-refractivity contribution in [3.05, 3.63) is 59.9 Å². The van der Waals surface area contributed by atoms with Gasteiger partial charge >= 0.3 is 0 Å². The predicted octanol–water partition coefficient (Wildman–Crippen LogP) is 2.38. The largest absolute Gasteiger partial charge is 0.497 e. The number of benzene rings is 2. The molecule has 1 aliphatic rings. The summed E-state index contributed by atoms with van der Waals surface area (Å²) in [5.74, 6) is 0.194. The van der Waals surface area contributed by atoms with E-state index in [-0.39, 0.29) is 17.8 Å². The minimum absolute atomic E-state index is 0.00774. The van der Waals surface area contributed by atoms with Gasteiger partial charge in [0.1, 0.15) is 17.6 Å². The Kier molecular flexibility index (Phi) is 4.55. The summed E-state index contributed by atoms with van der Waals surface area (Å²) in [6.45, 7) is 0. The number of amides is 1. The number of carbonyl (C=O) groups is 1. The van der Waals surface area contributed by atoms with Gasteiger partial charge in [0.25, 0.3) is 0 Å². The third kappa shape index (κ3) is 3.67. The van der Waals surface area contributed by atoms with Crippen LogP contribution in [0.5, 0.6) is 5.75 Å². The van der Waals surface area contributed by atoms with Gasteiger partial charge in [0.05, 0.1) is 7.11 Å². The molecule has 1 aliphatic heterocycles. The van der Waals surface area contributed by atoms with Crippen molar-refractivity contribution < 1.29 is 13.9 Å². The van der Waals surface area contributed by atoms with Crippen molar-refractivity contribution in [3.63, 3.8) is 0 Å². The van der Waals surface area contributed by atoms with Gasteiger partial charge in [-0.2, -0.15) is 0 Å². The molecule has 1 fully saturated rings. The number of anilines is 1. The van der Waals surface area contributed by atoms with Crippen LogP contribution in [0.4, 0.5) is 10.1 Å². The third-order valence-electron chi connectivity index (χ3n) is 3.81. The summed E-state index contributed by atoms with van der Waals surface area (Å²) in [4.78, 5) is 12.3. The van der Waals surface area contributed by atoms with E-state index in [1.807, 2.05) is 24.3 Å². The fraction of sp³-hybridized carbons (Fsp3) is 0.235. The second kappa shape index (κ2) is 6.76. The van der Waals surface area contributed by atoms with Crippen LogP contribution in [-0.4, -0.2) is 19.1 Å². The lowest BCUT2D eigenvalue weighted by Gasteiger charge is -2.11. The molecule has 0 spiro atoms. The SMILES string of the molecule is COc1cccc(C2CC(C(=O)Nc3cccc(F)c3)NN2)c1. The Hall–Kier alpha value is -2.44. The fourth-order valence-corrected chi connectivity index (χ4v) is 2.60. The van der Waals surface area contributed by atoms with Gasteiger partial charge in [-0.25, -0.2) is 15.2 Å². The first-order chi connectivity index (χ1) is 11.2. The lowest BCUT2D eigenvalue weighted by Crippen LogP contribution is -2.39. The van der Waals surface area contributed by atoms with Crippen LogP contribution < -0.4 is 20.9 Å². The summed E-state index contributed by atoms with van der Waals surface area (Å²) >= 11 is 0. The molecule has 3 rings (SSSR count). The van der Waals surface area contributed by atoms with E-state index < -0.39 is 6.04 Å². The molecular weight excluding hydrogens is 297 g/mol. The standard InChI is InChI=1S/C17H18FN3O2/c1-23-14-7-2-4-11(8-14)15-10-16(21-20-15)17(22)19-13-6-3-5-12(18)9-13/h2-9,15-16,20-21H,10H2,1H3,(H,19,22). The Morgan fingerprint density at radius 2 is 2.04 bits per heavy atom. The maximum Gasteiger partial charge on any atom is 0.242 e. The summed E-state index contributed by atoms with van der Waals surface area (Å²) in [5.41, 5.74) is 7.58. The van der Waals surface area contributed by atoms with Gasteiger partial charge in [-0.05, 0) is 42.3 Å². The van der Waals surface area contributed by atoms with Gasteiger partial charge in [0.15, 0.2) is 0 Å². The molecule has 120 valence electrons. The molecule has 0 bridgehead atoms. The second-order valence-corrected chi connectivity index (χ2v) is 5.41. The third-order valence-corrected chi connectivity index (χ3v) is 3.81. The Balaban J connectivity index is 1.63. The summed E-state index contributed by atoms with van der Waals surface area (Å²) in [5, 5.41) is 2.71. The monoisotopic (exact) mass is 315 g/mol. The summed E-state index contributed by atoms with van der Waals surface area (Å²) < 4.78 is 18.4. The maximum atomic E-state index is 13.2. The van der Waals surface area contributed by atoms with Gasteiger partial charge in [0, 0.05) is 11.7 Å². The highest BCUT2D eigenvalue weighted by atomic mass is 19.1. The van der Waals surface area contributed by atoms with Crippen LogP contribution in [0, 0.1) is 5.82 Å². The average Bonchev–Trinajstić information content (AvgIpc) is 3.05. The van der Waals surface area contributed by atoms with Crippen LogP contribution in [0.15, 0.2) is 48.5 Å². The van der Waals surface area contributed by atoms with Crippen molar-refractivity contribution in [2.75, 3.05) is 12.4 Å². The molecule has 3 N–H and O–H groups in total. The van der Waals surface area contributed by atoms with E-state index in [0.717, 1.165) is 11.3 Å². The van der Waals surface area contributed by atoms with Crippen molar-refractivity contribution in [1.29, 1.82) is 0 Å². The van der Waals surface area contributed by atoms with Crippen LogP contribution in [0.25, 0.3) is 0 Å². The zero-order chi connectivity index (χ0) is 16.2. The van der Waals surface area contributed by atoms with Crippen molar-refractivity contribution in [1.82, 2.24) is 10.9 Å². The van der Waals surface area contributed by atoms with E-state index in [0.29, 0.717) is 12.1 Å². The molecule has 5 nitrogen and oxygen atoms in total. The predicted molar refractivity (Wildman–Crippen MR) is 85.4 cm³/mol. The number of hydrogen-bond donors (Lipinski definition) is 3. The van der Waals surface area contributed by atoms with Gasteiger partial charge in [-0.3, -0.25) is 4.79 Å². The van der Waals surface area contributed by atoms with Crippen molar-refractivity contribution in [3.8, 4) is 5.75 Å². The number of nitrogens with one attached hydrogen (secondary N) is 3. The molecule has 2 aromatic carbocycles. The van der Waals surface area contributed by atoms with Crippen LogP contribution in [-0.2, 0) is 4.79 Å².